The highest BCUT2D eigenvalue weighted by Gasteiger charge is 2.32. The van der Waals surface area contributed by atoms with Crippen molar-refractivity contribution in [2.24, 2.45) is 5.92 Å². The van der Waals surface area contributed by atoms with Gasteiger partial charge in [0.15, 0.2) is 0 Å². The molecule has 5 nitrogen and oxygen atoms in total. The average Bonchev–Trinajstić information content (AvgIpc) is 2.65. The molecule has 1 aromatic rings. The van der Waals surface area contributed by atoms with Gasteiger partial charge in [-0.05, 0) is 56.8 Å². The molecule has 0 aromatic heterocycles. The van der Waals surface area contributed by atoms with Crippen LogP contribution in [0.15, 0.2) is 30.3 Å². The lowest BCUT2D eigenvalue weighted by Gasteiger charge is -2.44. The molecule has 2 fully saturated rings. The smallest absolute Gasteiger partial charge is 0.251 e. The Kier molecular flexibility index (Phi) is 5.86. The number of amides is 2. The fraction of sp³-hybridized carbons (Fsp3) is 0.579. The quantitative estimate of drug-likeness (QED) is 0.866. The van der Waals surface area contributed by atoms with Crippen LogP contribution in [0.4, 0.5) is 0 Å². The van der Waals surface area contributed by atoms with Gasteiger partial charge in [0.25, 0.3) is 5.91 Å². The van der Waals surface area contributed by atoms with Crippen molar-refractivity contribution in [2.45, 2.75) is 38.1 Å². The first-order chi connectivity index (χ1) is 11.7. The number of nitrogens with one attached hydrogen (secondary N) is 2. The SMILES string of the molecule is O=C(CNC(=O)c1ccccc1)NCC1CCCN2CCCCC12. The van der Waals surface area contributed by atoms with Gasteiger partial charge in [-0.3, -0.25) is 9.59 Å². The minimum absolute atomic E-state index is 0.0365. The molecule has 3 rings (SSSR count). The summed E-state index contributed by atoms with van der Waals surface area (Å²) in [6.07, 6.45) is 6.28. The van der Waals surface area contributed by atoms with Crippen molar-refractivity contribution in [1.82, 2.24) is 15.5 Å². The zero-order chi connectivity index (χ0) is 16.8. The van der Waals surface area contributed by atoms with Gasteiger partial charge in [-0.25, -0.2) is 0 Å². The standard InChI is InChI=1S/C19H27N3O2/c23-18(14-21-19(24)15-7-2-1-3-8-15)20-13-16-9-6-12-22-11-5-4-10-17(16)22/h1-3,7-8,16-17H,4-6,9-14H2,(H,20,23)(H,21,24). The van der Waals surface area contributed by atoms with E-state index < -0.39 is 0 Å². The van der Waals surface area contributed by atoms with Gasteiger partial charge in [0.2, 0.25) is 5.91 Å². The van der Waals surface area contributed by atoms with E-state index in [2.05, 4.69) is 15.5 Å². The second kappa shape index (κ2) is 8.29. The lowest BCUT2D eigenvalue weighted by Crippen LogP contribution is -2.51. The third-order valence-corrected chi connectivity index (χ3v) is 5.24. The fourth-order valence-electron chi connectivity index (χ4n) is 3.97. The molecule has 0 saturated carbocycles. The van der Waals surface area contributed by atoms with Crippen LogP contribution in [0.5, 0.6) is 0 Å². The molecule has 2 amide bonds. The van der Waals surface area contributed by atoms with Gasteiger partial charge < -0.3 is 15.5 Å². The molecule has 0 spiro atoms. The summed E-state index contributed by atoms with van der Waals surface area (Å²) in [5.74, 6) is 0.238. The summed E-state index contributed by atoms with van der Waals surface area (Å²) in [5, 5.41) is 5.69. The van der Waals surface area contributed by atoms with Crippen LogP contribution in [0.2, 0.25) is 0 Å². The Morgan fingerprint density at radius 1 is 1.00 bits per heavy atom. The third-order valence-electron chi connectivity index (χ3n) is 5.24. The largest absolute Gasteiger partial charge is 0.354 e. The van der Waals surface area contributed by atoms with E-state index in [0.717, 1.165) is 6.54 Å². The summed E-state index contributed by atoms with van der Waals surface area (Å²) in [6, 6.07) is 9.61. The Hall–Kier alpha value is -1.88. The molecule has 2 heterocycles. The molecule has 2 unspecified atom stereocenters. The lowest BCUT2D eigenvalue weighted by molar-refractivity contribution is -0.120. The van der Waals surface area contributed by atoms with Crippen LogP contribution in [0, 0.1) is 5.92 Å². The van der Waals surface area contributed by atoms with Gasteiger partial charge in [-0.1, -0.05) is 24.6 Å². The monoisotopic (exact) mass is 329 g/mol. The molecular weight excluding hydrogens is 302 g/mol. The maximum atomic E-state index is 12.0. The van der Waals surface area contributed by atoms with Crippen LogP contribution in [-0.4, -0.2) is 48.9 Å². The first kappa shape index (κ1) is 17.0. The van der Waals surface area contributed by atoms with Gasteiger partial charge in [0.1, 0.15) is 0 Å². The number of carbonyl (C=O) groups excluding carboxylic acids is 2. The molecule has 2 N–H and O–H groups in total. The van der Waals surface area contributed by atoms with Crippen LogP contribution in [0.25, 0.3) is 0 Å². The van der Waals surface area contributed by atoms with E-state index in [1.807, 2.05) is 18.2 Å². The second-order valence-corrected chi connectivity index (χ2v) is 6.85. The zero-order valence-electron chi connectivity index (χ0n) is 14.2. The molecule has 130 valence electrons. The molecule has 5 heteroatoms. The van der Waals surface area contributed by atoms with E-state index in [-0.39, 0.29) is 18.4 Å². The minimum Gasteiger partial charge on any atom is -0.354 e. The number of piperidine rings is 2. The first-order valence-electron chi connectivity index (χ1n) is 9.08. The molecule has 0 bridgehead atoms. The van der Waals surface area contributed by atoms with E-state index in [9.17, 15) is 9.59 Å². The maximum absolute atomic E-state index is 12.0. The van der Waals surface area contributed by atoms with Gasteiger partial charge >= 0.3 is 0 Å². The van der Waals surface area contributed by atoms with E-state index >= 15 is 0 Å². The van der Waals surface area contributed by atoms with E-state index in [4.69, 9.17) is 0 Å². The zero-order valence-corrected chi connectivity index (χ0v) is 14.2. The fourth-order valence-corrected chi connectivity index (χ4v) is 3.97. The average molecular weight is 329 g/mol. The number of fused-ring (bicyclic) bond motifs is 1. The molecule has 0 aliphatic carbocycles. The third kappa shape index (κ3) is 4.35. The Bertz CT molecular complexity index is 559. The number of benzene rings is 1. The van der Waals surface area contributed by atoms with E-state index in [1.165, 1.54) is 45.2 Å². The number of nitrogens with zero attached hydrogens (tertiary/aromatic N) is 1. The summed E-state index contributed by atoms with van der Waals surface area (Å²) >= 11 is 0. The van der Waals surface area contributed by atoms with Crippen molar-refractivity contribution >= 4 is 11.8 Å². The number of hydrogen-bond acceptors (Lipinski definition) is 3. The van der Waals surface area contributed by atoms with Crippen LogP contribution in [0.1, 0.15) is 42.5 Å². The van der Waals surface area contributed by atoms with Gasteiger partial charge in [-0.15, -0.1) is 0 Å². The second-order valence-electron chi connectivity index (χ2n) is 6.85. The molecule has 0 radical (unpaired) electrons. The topological polar surface area (TPSA) is 61.4 Å². The van der Waals surface area contributed by atoms with Crippen molar-refractivity contribution in [3.63, 3.8) is 0 Å². The Morgan fingerprint density at radius 3 is 2.62 bits per heavy atom. The number of hydrogen-bond donors (Lipinski definition) is 2. The van der Waals surface area contributed by atoms with Gasteiger partial charge in [0, 0.05) is 18.2 Å². The minimum atomic E-state index is -0.207. The Labute approximate surface area is 143 Å². The molecule has 2 saturated heterocycles. The van der Waals surface area contributed by atoms with Gasteiger partial charge in [-0.2, -0.15) is 0 Å². The summed E-state index contributed by atoms with van der Waals surface area (Å²) in [7, 11) is 0. The van der Waals surface area contributed by atoms with Crippen molar-refractivity contribution < 1.29 is 9.59 Å². The molecule has 1 aromatic carbocycles. The first-order valence-corrected chi connectivity index (χ1v) is 9.08. The molecular formula is C19H27N3O2. The van der Waals surface area contributed by atoms with E-state index in [0.29, 0.717) is 17.5 Å². The highest BCUT2D eigenvalue weighted by atomic mass is 16.2. The Morgan fingerprint density at radius 2 is 1.79 bits per heavy atom. The highest BCUT2D eigenvalue weighted by Crippen LogP contribution is 2.30. The van der Waals surface area contributed by atoms with Crippen LogP contribution in [0.3, 0.4) is 0 Å². The van der Waals surface area contributed by atoms with Crippen molar-refractivity contribution in [2.75, 3.05) is 26.2 Å². The number of carbonyl (C=O) groups is 2. The van der Waals surface area contributed by atoms with Gasteiger partial charge in [0.05, 0.1) is 6.54 Å². The highest BCUT2D eigenvalue weighted by molar-refractivity contribution is 5.96. The maximum Gasteiger partial charge on any atom is 0.251 e. The molecule has 2 aliphatic heterocycles. The van der Waals surface area contributed by atoms with Crippen LogP contribution >= 0.6 is 0 Å². The summed E-state index contributed by atoms with van der Waals surface area (Å²) < 4.78 is 0. The summed E-state index contributed by atoms with van der Waals surface area (Å²) in [4.78, 5) is 26.6. The normalized spacial score (nSPS) is 24.0. The van der Waals surface area contributed by atoms with Crippen LogP contribution in [-0.2, 0) is 4.79 Å². The molecule has 2 aliphatic rings. The Balaban J connectivity index is 1.41. The van der Waals surface area contributed by atoms with Crippen molar-refractivity contribution in [1.29, 1.82) is 0 Å². The summed E-state index contributed by atoms with van der Waals surface area (Å²) in [5.41, 5.74) is 0.579. The van der Waals surface area contributed by atoms with Crippen molar-refractivity contribution in [3.8, 4) is 0 Å². The predicted molar refractivity (Wildman–Crippen MR) is 93.7 cm³/mol. The molecule has 2 atom stereocenters. The summed E-state index contributed by atoms with van der Waals surface area (Å²) in [6.45, 7) is 3.18. The lowest BCUT2D eigenvalue weighted by atomic mass is 9.83. The molecule has 24 heavy (non-hydrogen) atoms. The van der Waals surface area contributed by atoms with E-state index in [1.54, 1.807) is 12.1 Å². The predicted octanol–water partition coefficient (Wildman–Crippen LogP) is 1.80. The van der Waals surface area contributed by atoms with Crippen molar-refractivity contribution in [3.05, 3.63) is 35.9 Å². The number of rotatable bonds is 5. The van der Waals surface area contributed by atoms with Crippen LogP contribution < -0.4 is 10.6 Å².